The van der Waals surface area contributed by atoms with Crippen LogP contribution in [0.4, 0.5) is 29.3 Å². The third kappa shape index (κ3) is 3.79. The van der Waals surface area contributed by atoms with Crippen LogP contribution in [0.15, 0.2) is 53.0 Å². The molecule has 2 amide bonds. The summed E-state index contributed by atoms with van der Waals surface area (Å²) >= 11 is 3.32. The molecule has 0 aromatic heterocycles. The summed E-state index contributed by atoms with van der Waals surface area (Å²) in [6.07, 6.45) is -4.45. The van der Waals surface area contributed by atoms with Gasteiger partial charge >= 0.3 is 12.2 Å². The minimum absolute atomic E-state index is 0.0822. The lowest BCUT2D eigenvalue weighted by molar-refractivity contribution is -0.137. The van der Waals surface area contributed by atoms with Crippen LogP contribution in [0.25, 0.3) is 0 Å². The third-order valence-corrected chi connectivity index (χ3v) is 3.63. The molecule has 0 fully saturated rings. The van der Waals surface area contributed by atoms with Gasteiger partial charge < -0.3 is 5.32 Å². The summed E-state index contributed by atoms with van der Waals surface area (Å²) in [6, 6.07) is 11.0. The van der Waals surface area contributed by atoms with Gasteiger partial charge in [0.15, 0.2) is 0 Å². The summed E-state index contributed by atoms with van der Waals surface area (Å²) in [6.45, 7) is 0. The summed E-state index contributed by atoms with van der Waals surface area (Å²) in [5, 5.41) is 2.45. The number of benzene rings is 2. The molecule has 2 aromatic rings. The van der Waals surface area contributed by atoms with Gasteiger partial charge in [0.2, 0.25) is 0 Å². The van der Waals surface area contributed by atoms with Gasteiger partial charge in [0, 0.05) is 17.2 Å². The maximum absolute atomic E-state index is 12.7. The van der Waals surface area contributed by atoms with Crippen molar-refractivity contribution >= 4 is 33.3 Å². The number of carbonyl (C=O) groups is 1. The molecule has 3 nitrogen and oxygen atoms in total. The molecule has 0 unspecified atom stereocenters. The van der Waals surface area contributed by atoms with Crippen LogP contribution < -0.4 is 10.2 Å². The Morgan fingerprint density at radius 3 is 2.45 bits per heavy atom. The molecule has 0 saturated heterocycles. The highest BCUT2D eigenvalue weighted by atomic mass is 79.9. The molecular weight excluding hydrogens is 361 g/mol. The van der Waals surface area contributed by atoms with Gasteiger partial charge in [-0.1, -0.05) is 18.2 Å². The van der Waals surface area contributed by atoms with E-state index in [1.54, 1.807) is 24.3 Å². The molecule has 0 heterocycles. The van der Waals surface area contributed by atoms with E-state index >= 15 is 0 Å². The maximum atomic E-state index is 12.7. The molecule has 0 aliphatic carbocycles. The average Bonchev–Trinajstić information content (AvgIpc) is 2.46. The van der Waals surface area contributed by atoms with Gasteiger partial charge in [-0.3, -0.25) is 4.90 Å². The number of amides is 2. The summed E-state index contributed by atoms with van der Waals surface area (Å²) < 4.78 is 38.7. The predicted octanol–water partition coefficient (Wildman–Crippen LogP) is 5.14. The number of carbonyl (C=O) groups excluding carboxylic acids is 1. The molecular formula is C15H12BrF3N2O. The first-order valence-corrected chi connectivity index (χ1v) is 7.05. The van der Waals surface area contributed by atoms with Gasteiger partial charge in [0.1, 0.15) is 0 Å². The number of hydrogen-bond acceptors (Lipinski definition) is 1. The molecule has 0 spiro atoms. The van der Waals surface area contributed by atoms with E-state index < -0.39 is 17.8 Å². The first-order chi connectivity index (χ1) is 10.3. The number of urea groups is 1. The van der Waals surface area contributed by atoms with Crippen LogP contribution in [0.2, 0.25) is 0 Å². The molecule has 0 aliphatic heterocycles. The van der Waals surface area contributed by atoms with Crippen LogP contribution >= 0.6 is 15.9 Å². The van der Waals surface area contributed by atoms with Gasteiger partial charge in [-0.05, 0) is 46.3 Å². The van der Waals surface area contributed by atoms with Crippen molar-refractivity contribution in [2.24, 2.45) is 0 Å². The van der Waals surface area contributed by atoms with Crippen LogP contribution in [0, 0.1) is 0 Å². The Hall–Kier alpha value is -2.02. The number of para-hydroxylation sites is 1. The topological polar surface area (TPSA) is 32.3 Å². The van der Waals surface area contributed by atoms with Gasteiger partial charge in [0.25, 0.3) is 0 Å². The zero-order chi connectivity index (χ0) is 16.3. The molecule has 0 bridgehead atoms. The summed E-state index contributed by atoms with van der Waals surface area (Å²) in [5.74, 6) is 0. The standard InChI is InChI=1S/C15H12BrF3N2O/c1-21(13-8-3-2-7-12(13)16)14(22)20-11-6-4-5-10(9-11)15(17,18)19/h2-9H,1H3,(H,20,22). The lowest BCUT2D eigenvalue weighted by Gasteiger charge is -2.19. The van der Waals surface area contributed by atoms with E-state index in [0.29, 0.717) is 10.2 Å². The minimum Gasteiger partial charge on any atom is -0.308 e. The fourth-order valence-electron chi connectivity index (χ4n) is 1.81. The molecule has 0 saturated carbocycles. The number of rotatable bonds is 2. The van der Waals surface area contributed by atoms with E-state index in [1.165, 1.54) is 24.1 Å². The third-order valence-electron chi connectivity index (χ3n) is 2.96. The van der Waals surface area contributed by atoms with Crippen molar-refractivity contribution < 1.29 is 18.0 Å². The molecule has 7 heteroatoms. The number of anilines is 2. The van der Waals surface area contributed by atoms with Crippen LogP contribution in [0.5, 0.6) is 0 Å². The zero-order valence-corrected chi connectivity index (χ0v) is 13.1. The van der Waals surface area contributed by atoms with Crippen molar-refractivity contribution in [1.29, 1.82) is 0 Å². The highest BCUT2D eigenvalue weighted by molar-refractivity contribution is 9.10. The normalized spacial score (nSPS) is 11.1. The van der Waals surface area contributed by atoms with Crippen LogP contribution in [-0.4, -0.2) is 13.1 Å². The quantitative estimate of drug-likeness (QED) is 0.777. The van der Waals surface area contributed by atoms with Crippen molar-refractivity contribution in [3.8, 4) is 0 Å². The first kappa shape index (κ1) is 16.4. The molecule has 0 atom stereocenters. The van der Waals surface area contributed by atoms with E-state index in [2.05, 4.69) is 21.2 Å². The smallest absolute Gasteiger partial charge is 0.308 e. The monoisotopic (exact) mass is 372 g/mol. The van der Waals surface area contributed by atoms with Crippen molar-refractivity contribution in [3.63, 3.8) is 0 Å². The molecule has 0 aliphatic rings. The second-order valence-electron chi connectivity index (χ2n) is 4.52. The highest BCUT2D eigenvalue weighted by Crippen LogP contribution is 2.31. The van der Waals surface area contributed by atoms with Crippen LogP contribution in [0.1, 0.15) is 5.56 Å². The second-order valence-corrected chi connectivity index (χ2v) is 5.37. The van der Waals surface area contributed by atoms with E-state index in [-0.39, 0.29) is 5.69 Å². The van der Waals surface area contributed by atoms with E-state index in [9.17, 15) is 18.0 Å². The Labute approximate surface area is 133 Å². The molecule has 2 aromatic carbocycles. The van der Waals surface area contributed by atoms with Gasteiger partial charge in [-0.25, -0.2) is 4.79 Å². The minimum atomic E-state index is -4.45. The Balaban J connectivity index is 2.17. The second kappa shape index (κ2) is 6.39. The number of nitrogens with one attached hydrogen (secondary N) is 1. The first-order valence-electron chi connectivity index (χ1n) is 6.25. The van der Waals surface area contributed by atoms with Crippen molar-refractivity contribution in [2.75, 3.05) is 17.3 Å². The van der Waals surface area contributed by atoms with Crippen molar-refractivity contribution in [2.45, 2.75) is 6.18 Å². The van der Waals surface area contributed by atoms with Crippen molar-refractivity contribution in [1.82, 2.24) is 0 Å². The fourth-order valence-corrected chi connectivity index (χ4v) is 2.36. The lowest BCUT2D eigenvalue weighted by Crippen LogP contribution is -2.31. The molecule has 2 rings (SSSR count). The molecule has 1 N–H and O–H groups in total. The Kier molecular flexibility index (Phi) is 4.75. The largest absolute Gasteiger partial charge is 0.416 e. The lowest BCUT2D eigenvalue weighted by atomic mass is 10.2. The molecule has 0 radical (unpaired) electrons. The maximum Gasteiger partial charge on any atom is 0.416 e. The van der Waals surface area contributed by atoms with E-state index in [4.69, 9.17) is 0 Å². The highest BCUT2D eigenvalue weighted by Gasteiger charge is 2.30. The van der Waals surface area contributed by atoms with Gasteiger partial charge in [-0.15, -0.1) is 0 Å². The zero-order valence-electron chi connectivity index (χ0n) is 11.5. The average molecular weight is 373 g/mol. The van der Waals surface area contributed by atoms with Crippen molar-refractivity contribution in [3.05, 3.63) is 58.6 Å². The number of alkyl halides is 3. The van der Waals surface area contributed by atoms with Gasteiger partial charge in [-0.2, -0.15) is 13.2 Å². The van der Waals surface area contributed by atoms with Crippen LogP contribution in [0.3, 0.4) is 0 Å². The molecule has 116 valence electrons. The summed E-state index contributed by atoms with van der Waals surface area (Å²) in [7, 11) is 1.53. The summed E-state index contributed by atoms with van der Waals surface area (Å²) in [4.78, 5) is 13.4. The predicted molar refractivity (Wildman–Crippen MR) is 83.0 cm³/mol. The van der Waals surface area contributed by atoms with Gasteiger partial charge in [0.05, 0.1) is 11.3 Å². The number of hydrogen-bond donors (Lipinski definition) is 1. The Morgan fingerprint density at radius 1 is 1.14 bits per heavy atom. The number of nitrogens with zero attached hydrogens (tertiary/aromatic N) is 1. The van der Waals surface area contributed by atoms with E-state index in [0.717, 1.165) is 12.1 Å². The Morgan fingerprint density at radius 2 is 1.82 bits per heavy atom. The number of halogens is 4. The SMILES string of the molecule is CN(C(=O)Nc1cccc(C(F)(F)F)c1)c1ccccc1Br. The van der Waals surface area contributed by atoms with E-state index in [1.807, 2.05) is 0 Å². The Bertz CT molecular complexity index is 688. The fraction of sp³-hybridized carbons (Fsp3) is 0.133. The van der Waals surface area contributed by atoms with Crippen LogP contribution in [-0.2, 0) is 6.18 Å². The summed E-state index contributed by atoms with van der Waals surface area (Å²) in [5.41, 5.74) is -0.125. The molecule has 22 heavy (non-hydrogen) atoms.